The minimum absolute atomic E-state index is 0.169. The molecule has 0 radical (unpaired) electrons. The van der Waals surface area contributed by atoms with Gasteiger partial charge in [0, 0.05) is 11.8 Å². The molecule has 0 unspecified atom stereocenters. The average molecular weight is 281 g/mol. The van der Waals surface area contributed by atoms with Crippen molar-refractivity contribution in [1.29, 1.82) is 0 Å². The summed E-state index contributed by atoms with van der Waals surface area (Å²) < 4.78 is 0. The smallest absolute Gasteiger partial charge is 0.267 e. The number of hydrogen-bond donors (Lipinski definition) is 1. The molecule has 2 aromatic heterocycles. The zero-order chi connectivity index (χ0) is 13.8. The number of rotatable bonds is 3. The number of hydrogen-bond acceptors (Lipinski definition) is 4. The predicted octanol–water partition coefficient (Wildman–Crippen LogP) is 3.46. The average Bonchev–Trinajstić information content (AvgIpc) is 2.99. The summed E-state index contributed by atoms with van der Waals surface area (Å²) in [6.45, 7) is 0. The zero-order valence-corrected chi connectivity index (χ0v) is 11.3. The number of pyridine rings is 1. The number of benzene rings is 1. The monoisotopic (exact) mass is 281 g/mol. The van der Waals surface area contributed by atoms with Crippen molar-refractivity contribution in [3.05, 3.63) is 65.9 Å². The van der Waals surface area contributed by atoms with E-state index in [0.29, 0.717) is 10.6 Å². The Morgan fingerprint density at radius 1 is 1.05 bits per heavy atom. The first-order valence-electron chi connectivity index (χ1n) is 6.05. The fraction of sp³-hybridized carbons (Fsp3) is 0. The van der Waals surface area contributed by atoms with Gasteiger partial charge in [0.25, 0.3) is 5.91 Å². The third-order valence-electron chi connectivity index (χ3n) is 2.67. The van der Waals surface area contributed by atoms with Gasteiger partial charge in [0.1, 0.15) is 9.88 Å². The van der Waals surface area contributed by atoms with E-state index >= 15 is 0 Å². The lowest BCUT2D eigenvalue weighted by Crippen LogP contribution is -2.10. The molecule has 1 N–H and O–H groups in total. The van der Waals surface area contributed by atoms with Gasteiger partial charge in [0.15, 0.2) is 0 Å². The highest BCUT2D eigenvalue weighted by molar-refractivity contribution is 7.17. The van der Waals surface area contributed by atoms with Crippen molar-refractivity contribution in [1.82, 2.24) is 9.97 Å². The van der Waals surface area contributed by atoms with Crippen molar-refractivity contribution < 1.29 is 4.79 Å². The minimum Gasteiger partial charge on any atom is -0.320 e. The Labute approximate surface area is 120 Å². The van der Waals surface area contributed by atoms with Crippen LogP contribution in [0, 0.1) is 0 Å². The van der Waals surface area contributed by atoms with Crippen LogP contribution in [0.3, 0.4) is 0 Å². The second kappa shape index (κ2) is 5.63. The van der Waals surface area contributed by atoms with Gasteiger partial charge in [-0.05, 0) is 12.1 Å². The molecule has 20 heavy (non-hydrogen) atoms. The Morgan fingerprint density at radius 3 is 2.65 bits per heavy atom. The molecule has 0 saturated heterocycles. The quantitative estimate of drug-likeness (QED) is 0.800. The Hall–Kier alpha value is -2.53. The maximum Gasteiger partial charge on any atom is 0.267 e. The number of carbonyl (C=O) groups is 1. The molecule has 1 amide bonds. The molecule has 0 saturated carbocycles. The van der Waals surface area contributed by atoms with E-state index in [1.54, 1.807) is 30.7 Å². The van der Waals surface area contributed by atoms with Crippen LogP contribution in [0.25, 0.3) is 10.6 Å². The lowest BCUT2D eigenvalue weighted by molar-refractivity contribution is 0.103. The summed E-state index contributed by atoms with van der Waals surface area (Å²) in [7, 11) is 0. The van der Waals surface area contributed by atoms with Gasteiger partial charge in [-0.2, -0.15) is 0 Å². The summed E-state index contributed by atoms with van der Waals surface area (Å²) in [6, 6.07) is 13.4. The summed E-state index contributed by atoms with van der Waals surface area (Å²) >= 11 is 1.37. The van der Waals surface area contributed by atoms with Gasteiger partial charge in [-0.15, -0.1) is 11.3 Å². The summed E-state index contributed by atoms with van der Waals surface area (Å²) in [5.74, 6) is -0.169. The first-order chi connectivity index (χ1) is 9.83. The molecular weight excluding hydrogens is 270 g/mol. The van der Waals surface area contributed by atoms with Crippen LogP contribution in [-0.4, -0.2) is 15.9 Å². The molecular formula is C15H11N3OS. The largest absolute Gasteiger partial charge is 0.320 e. The van der Waals surface area contributed by atoms with Gasteiger partial charge in [0.05, 0.1) is 18.1 Å². The molecule has 3 rings (SSSR count). The van der Waals surface area contributed by atoms with Crippen LogP contribution >= 0.6 is 11.3 Å². The van der Waals surface area contributed by atoms with Crippen molar-refractivity contribution in [3.8, 4) is 10.6 Å². The number of thiazole rings is 1. The number of nitrogens with zero attached hydrogens (tertiary/aromatic N) is 2. The number of carbonyl (C=O) groups excluding carboxylic acids is 1. The summed E-state index contributed by atoms with van der Waals surface area (Å²) in [5, 5.41) is 3.63. The SMILES string of the molecule is O=C(Nc1cccnc1)c1cnc(-c2ccccc2)s1. The van der Waals surface area contributed by atoms with Crippen molar-refractivity contribution in [2.24, 2.45) is 0 Å². The summed E-state index contributed by atoms with van der Waals surface area (Å²) in [5.41, 5.74) is 1.69. The normalized spacial score (nSPS) is 10.2. The highest BCUT2D eigenvalue weighted by Gasteiger charge is 2.11. The number of amides is 1. The third-order valence-corrected chi connectivity index (χ3v) is 3.71. The van der Waals surface area contributed by atoms with Crippen LogP contribution in [0.15, 0.2) is 61.1 Å². The van der Waals surface area contributed by atoms with E-state index in [2.05, 4.69) is 15.3 Å². The van der Waals surface area contributed by atoms with Crippen LogP contribution in [0.1, 0.15) is 9.67 Å². The Bertz CT molecular complexity index is 710. The second-order valence-corrected chi connectivity index (χ2v) is 5.12. The van der Waals surface area contributed by atoms with Crippen LogP contribution in [0.4, 0.5) is 5.69 Å². The van der Waals surface area contributed by atoms with E-state index in [0.717, 1.165) is 10.6 Å². The molecule has 0 aliphatic rings. The highest BCUT2D eigenvalue weighted by atomic mass is 32.1. The van der Waals surface area contributed by atoms with Gasteiger partial charge in [0.2, 0.25) is 0 Å². The third kappa shape index (κ3) is 2.73. The molecule has 2 heterocycles. The van der Waals surface area contributed by atoms with Gasteiger partial charge in [-0.3, -0.25) is 9.78 Å². The molecule has 0 aliphatic carbocycles. The van der Waals surface area contributed by atoms with Crippen LogP contribution in [0.2, 0.25) is 0 Å². The molecule has 3 aromatic rings. The van der Waals surface area contributed by atoms with Crippen LogP contribution in [0.5, 0.6) is 0 Å². The Morgan fingerprint density at radius 2 is 1.90 bits per heavy atom. The topological polar surface area (TPSA) is 54.9 Å². The van der Waals surface area contributed by atoms with Crippen molar-refractivity contribution in [2.45, 2.75) is 0 Å². The van der Waals surface area contributed by atoms with E-state index in [1.807, 2.05) is 30.3 Å². The first kappa shape index (κ1) is 12.5. The highest BCUT2D eigenvalue weighted by Crippen LogP contribution is 2.25. The molecule has 0 spiro atoms. The predicted molar refractivity (Wildman–Crippen MR) is 79.7 cm³/mol. The fourth-order valence-electron chi connectivity index (χ4n) is 1.72. The fourth-order valence-corrected chi connectivity index (χ4v) is 2.54. The molecule has 0 aliphatic heterocycles. The second-order valence-electron chi connectivity index (χ2n) is 4.09. The number of nitrogens with one attached hydrogen (secondary N) is 1. The lowest BCUT2D eigenvalue weighted by Gasteiger charge is -2.01. The van der Waals surface area contributed by atoms with E-state index < -0.39 is 0 Å². The van der Waals surface area contributed by atoms with Crippen LogP contribution < -0.4 is 5.32 Å². The zero-order valence-electron chi connectivity index (χ0n) is 10.5. The summed E-state index contributed by atoms with van der Waals surface area (Å²) in [6.07, 6.45) is 4.87. The molecule has 0 atom stereocenters. The van der Waals surface area contributed by atoms with E-state index in [-0.39, 0.29) is 5.91 Å². The van der Waals surface area contributed by atoms with E-state index in [1.165, 1.54) is 11.3 Å². The molecule has 98 valence electrons. The standard InChI is InChI=1S/C15H11N3OS/c19-14(18-12-7-4-8-16-9-12)13-10-17-15(20-13)11-5-2-1-3-6-11/h1-10H,(H,18,19). The van der Waals surface area contributed by atoms with Gasteiger partial charge < -0.3 is 5.32 Å². The molecule has 1 aromatic carbocycles. The van der Waals surface area contributed by atoms with E-state index in [9.17, 15) is 4.79 Å². The number of anilines is 1. The van der Waals surface area contributed by atoms with Gasteiger partial charge in [-0.1, -0.05) is 30.3 Å². The van der Waals surface area contributed by atoms with Crippen molar-refractivity contribution in [2.75, 3.05) is 5.32 Å². The van der Waals surface area contributed by atoms with Crippen molar-refractivity contribution >= 4 is 22.9 Å². The first-order valence-corrected chi connectivity index (χ1v) is 6.87. The van der Waals surface area contributed by atoms with Crippen molar-refractivity contribution in [3.63, 3.8) is 0 Å². The van der Waals surface area contributed by atoms with Crippen LogP contribution in [-0.2, 0) is 0 Å². The Kier molecular flexibility index (Phi) is 3.52. The van der Waals surface area contributed by atoms with Gasteiger partial charge in [-0.25, -0.2) is 4.98 Å². The Balaban J connectivity index is 1.79. The molecule has 5 heteroatoms. The molecule has 0 fully saturated rings. The molecule has 4 nitrogen and oxygen atoms in total. The van der Waals surface area contributed by atoms with Gasteiger partial charge >= 0.3 is 0 Å². The van der Waals surface area contributed by atoms with E-state index in [4.69, 9.17) is 0 Å². The summed E-state index contributed by atoms with van der Waals surface area (Å²) in [4.78, 5) is 20.9. The maximum atomic E-state index is 12.1. The lowest BCUT2D eigenvalue weighted by atomic mass is 10.2. The minimum atomic E-state index is -0.169. The maximum absolute atomic E-state index is 12.1. The molecule has 0 bridgehead atoms. The number of aromatic nitrogens is 2.